The fourth-order valence-electron chi connectivity index (χ4n) is 2.29. The summed E-state index contributed by atoms with van der Waals surface area (Å²) >= 11 is 0. The van der Waals surface area contributed by atoms with E-state index in [0.717, 1.165) is 6.42 Å². The fraction of sp³-hybridized carbons (Fsp3) is 0.143. The van der Waals surface area contributed by atoms with Crippen molar-refractivity contribution in [2.24, 2.45) is 0 Å². The monoisotopic (exact) mass is 180 g/mol. The second kappa shape index (κ2) is 2.71. The van der Waals surface area contributed by atoms with Gasteiger partial charge < -0.3 is 0 Å². The number of allylic oxidation sites excluding steroid dienone is 2. The number of hydrogen-bond donors (Lipinski definition) is 0. The van der Waals surface area contributed by atoms with E-state index in [0.29, 0.717) is 0 Å². The van der Waals surface area contributed by atoms with Crippen molar-refractivity contribution in [1.82, 2.24) is 0 Å². The van der Waals surface area contributed by atoms with Crippen LogP contribution in [0.4, 0.5) is 0 Å². The Morgan fingerprint density at radius 2 is 1.79 bits per heavy atom. The van der Waals surface area contributed by atoms with Crippen LogP contribution in [0.3, 0.4) is 0 Å². The van der Waals surface area contributed by atoms with Crippen LogP contribution < -0.4 is 0 Å². The van der Waals surface area contributed by atoms with Gasteiger partial charge in [-0.25, -0.2) is 0 Å². The highest BCUT2D eigenvalue weighted by molar-refractivity contribution is 5.97. The molecule has 1 aliphatic rings. The van der Waals surface area contributed by atoms with Crippen molar-refractivity contribution in [3.63, 3.8) is 0 Å². The van der Waals surface area contributed by atoms with Crippen molar-refractivity contribution in [3.05, 3.63) is 53.6 Å². The smallest absolute Gasteiger partial charge is 0.00736 e. The zero-order chi connectivity index (χ0) is 9.54. The molecule has 0 radical (unpaired) electrons. The molecule has 0 nitrogen and oxygen atoms in total. The van der Waals surface area contributed by atoms with Gasteiger partial charge in [-0.1, -0.05) is 42.5 Å². The molecule has 0 aromatic heterocycles. The number of rotatable bonds is 0. The summed E-state index contributed by atoms with van der Waals surface area (Å²) in [6.07, 6.45) is 3.40. The largest absolute Gasteiger partial charge is 0.0766 e. The third kappa shape index (κ3) is 0.941. The molecule has 0 bridgehead atoms. The molecule has 0 aliphatic heterocycles. The van der Waals surface area contributed by atoms with Gasteiger partial charge in [0.05, 0.1) is 0 Å². The maximum absolute atomic E-state index is 2.32. The SMILES string of the molecule is CC1=CCc2cccc3cccc1c23. The molecule has 0 heteroatoms. The second-order valence-electron chi connectivity index (χ2n) is 3.91. The molecule has 0 N–H and O–H groups in total. The predicted octanol–water partition coefficient (Wildman–Crippen LogP) is 3.80. The quantitative estimate of drug-likeness (QED) is 0.578. The molecule has 0 amide bonds. The van der Waals surface area contributed by atoms with E-state index >= 15 is 0 Å². The van der Waals surface area contributed by atoms with Crippen LogP contribution in [-0.4, -0.2) is 0 Å². The van der Waals surface area contributed by atoms with Crippen LogP contribution >= 0.6 is 0 Å². The second-order valence-corrected chi connectivity index (χ2v) is 3.91. The number of benzene rings is 2. The highest BCUT2D eigenvalue weighted by atomic mass is 14.1. The van der Waals surface area contributed by atoms with Gasteiger partial charge in [0.1, 0.15) is 0 Å². The van der Waals surface area contributed by atoms with E-state index in [1.165, 1.54) is 27.5 Å². The molecule has 0 unspecified atom stereocenters. The van der Waals surface area contributed by atoms with Gasteiger partial charge in [-0.3, -0.25) is 0 Å². The highest BCUT2D eigenvalue weighted by Crippen LogP contribution is 2.32. The Kier molecular flexibility index (Phi) is 1.51. The Morgan fingerprint density at radius 3 is 2.64 bits per heavy atom. The van der Waals surface area contributed by atoms with Gasteiger partial charge >= 0.3 is 0 Å². The molecule has 2 aromatic carbocycles. The third-order valence-corrected chi connectivity index (χ3v) is 3.04. The molecular formula is C14H12. The summed E-state index contributed by atoms with van der Waals surface area (Å²) in [7, 11) is 0. The number of hydrogen-bond acceptors (Lipinski definition) is 0. The van der Waals surface area contributed by atoms with E-state index in [2.05, 4.69) is 49.4 Å². The third-order valence-electron chi connectivity index (χ3n) is 3.04. The van der Waals surface area contributed by atoms with Crippen molar-refractivity contribution >= 4 is 16.3 Å². The van der Waals surface area contributed by atoms with Gasteiger partial charge in [0.25, 0.3) is 0 Å². The van der Waals surface area contributed by atoms with Gasteiger partial charge in [-0.05, 0) is 40.8 Å². The molecule has 0 spiro atoms. The van der Waals surface area contributed by atoms with Crippen molar-refractivity contribution < 1.29 is 0 Å². The van der Waals surface area contributed by atoms with Gasteiger partial charge in [-0.2, -0.15) is 0 Å². The Labute approximate surface area is 83.9 Å². The normalized spacial score (nSPS) is 14.2. The average Bonchev–Trinajstić information content (AvgIpc) is 2.24. The molecule has 14 heavy (non-hydrogen) atoms. The molecular weight excluding hydrogens is 168 g/mol. The van der Waals surface area contributed by atoms with Gasteiger partial charge in [0.15, 0.2) is 0 Å². The van der Waals surface area contributed by atoms with Gasteiger partial charge in [0, 0.05) is 0 Å². The molecule has 0 saturated carbocycles. The molecule has 0 heterocycles. The molecule has 68 valence electrons. The lowest BCUT2D eigenvalue weighted by atomic mass is 9.89. The predicted molar refractivity (Wildman–Crippen MR) is 61.3 cm³/mol. The standard InChI is InChI=1S/C14H12/c1-10-8-9-12-5-2-4-11-6-3-7-13(10)14(11)12/h2-8H,9H2,1H3. The molecule has 0 atom stereocenters. The lowest BCUT2D eigenvalue weighted by molar-refractivity contribution is 1.27. The summed E-state index contributed by atoms with van der Waals surface area (Å²) in [6.45, 7) is 2.20. The summed E-state index contributed by atoms with van der Waals surface area (Å²) in [6, 6.07) is 13.1. The first kappa shape index (κ1) is 7.81. The zero-order valence-corrected chi connectivity index (χ0v) is 8.25. The van der Waals surface area contributed by atoms with Crippen LogP contribution in [0.2, 0.25) is 0 Å². The van der Waals surface area contributed by atoms with E-state index in [1.807, 2.05) is 0 Å². The first-order valence-electron chi connectivity index (χ1n) is 5.04. The van der Waals surface area contributed by atoms with E-state index in [-0.39, 0.29) is 0 Å². The Bertz CT molecular complexity index is 527. The van der Waals surface area contributed by atoms with Gasteiger partial charge in [0.2, 0.25) is 0 Å². The van der Waals surface area contributed by atoms with Crippen LogP contribution in [0.5, 0.6) is 0 Å². The van der Waals surface area contributed by atoms with Crippen molar-refractivity contribution in [2.45, 2.75) is 13.3 Å². The van der Waals surface area contributed by atoms with Crippen LogP contribution in [0.1, 0.15) is 18.1 Å². The molecule has 2 aromatic rings. The maximum atomic E-state index is 2.32. The minimum Gasteiger partial charge on any atom is -0.0766 e. The van der Waals surface area contributed by atoms with E-state index < -0.39 is 0 Å². The maximum Gasteiger partial charge on any atom is -0.00736 e. The van der Waals surface area contributed by atoms with Crippen LogP contribution in [0, 0.1) is 0 Å². The average molecular weight is 180 g/mol. The van der Waals surface area contributed by atoms with Crippen LogP contribution in [0.15, 0.2) is 42.5 Å². The van der Waals surface area contributed by atoms with Crippen molar-refractivity contribution in [3.8, 4) is 0 Å². The summed E-state index contributed by atoms with van der Waals surface area (Å²) in [5, 5.41) is 2.82. The van der Waals surface area contributed by atoms with Gasteiger partial charge in [-0.15, -0.1) is 0 Å². The highest BCUT2D eigenvalue weighted by Gasteiger charge is 2.10. The first-order valence-corrected chi connectivity index (χ1v) is 5.04. The molecule has 1 aliphatic carbocycles. The fourth-order valence-corrected chi connectivity index (χ4v) is 2.29. The van der Waals surface area contributed by atoms with E-state index in [1.54, 1.807) is 0 Å². The lowest BCUT2D eigenvalue weighted by Gasteiger charge is -2.15. The van der Waals surface area contributed by atoms with E-state index in [4.69, 9.17) is 0 Å². The summed E-state index contributed by atoms with van der Waals surface area (Å²) in [4.78, 5) is 0. The summed E-state index contributed by atoms with van der Waals surface area (Å²) in [5.74, 6) is 0. The van der Waals surface area contributed by atoms with Crippen molar-refractivity contribution in [1.29, 1.82) is 0 Å². The summed E-state index contributed by atoms with van der Waals surface area (Å²) < 4.78 is 0. The zero-order valence-electron chi connectivity index (χ0n) is 8.25. The molecule has 3 rings (SSSR count). The van der Waals surface area contributed by atoms with Crippen molar-refractivity contribution in [2.75, 3.05) is 0 Å². The summed E-state index contributed by atoms with van der Waals surface area (Å²) in [5.41, 5.74) is 4.28. The minimum atomic E-state index is 1.08. The van der Waals surface area contributed by atoms with Crippen LogP contribution in [-0.2, 0) is 6.42 Å². The molecule has 0 fully saturated rings. The molecule has 0 saturated heterocycles. The Morgan fingerprint density at radius 1 is 1.00 bits per heavy atom. The first-order chi connectivity index (χ1) is 6.86. The Hall–Kier alpha value is -1.56. The minimum absolute atomic E-state index is 1.08. The van der Waals surface area contributed by atoms with E-state index in [9.17, 15) is 0 Å². The lowest BCUT2D eigenvalue weighted by Crippen LogP contribution is -1.95. The topological polar surface area (TPSA) is 0 Å². The Balaban J connectivity index is 2.52. The van der Waals surface area contributed by atoms with Crippen LogP contribution in [0.25, 0.3) is 16.3 Å².